The summed E-state index contributed by atoms with van der Waals surface area (Å²) in [6.45, 7) is -0.172. The van der Waals surface area contributed by atoms with Gasteiger partial charge in [-0.1, -0.05) is 31.4 Å². The van der Waals surface area contributed by atoms with E-state index in [9.17, 15) is 32.7 Å². The fourth-order valence-corrected chi connectivity index (χ4v) is 5.29. The molecule has 3 N–H and O–H groups in total. The summed E-state index contributed by atoms with van der Waals surface area (Å²) in [5.74, 6) is -1.48. The zero-order valence-corrected chi connectivity index (χ0v) is 19.6. The number of halogens is 3. The van der Waals surface area contributed by atoms with Gasteiger partial charge in [-0.05, 0) is 43.5 Å². The quantitative estimate of drug-likeness (QED) is 0.554. The minimum Gasteiger partial charge on any atom is -0.480 e. The average Bonchev–Trinajstić information content (AvgIpc) is 3.15. The lowest BCUT2D eigenvalue weighted by molar-refractivity contribution is -0.142. The van der Waals surface area contributed by atoms with E-state index < -0.39 is 54.2 Å². The second-order valence-electron chi connectivity index (χ2n) is 9.52. The monoisotopic (exact) mass is 497 g/mol. The van der Waals surface area contributed by atoms with Gasteiger partial charge in [0.1, 0.15) is 24.5 Å². The molecule has 2 heterocycles. The largest absolute Gasteiger partial charge is 0.480 e. The molecule has 192 valence electrons. The molecule has 1 aromatic rings. The maximum Gasteiger partial charge on any atom is 0.416 e. The zero-order chi connectivity index (χ0) is 25.5. The summed E-state index contributed by atoms with van der Waals surface area (Å²) in [6.07, 6.45) is -1.15. The van der Waals surface area contributed by atoms with Crippen LogP contribution in [0.15, 0.2) is 24.3 Å². The van der Waals surface area contributed by atoms with Crippen molar-refractivity contribution in [3.05, 3.63) is 35.4 Å². The maximum atomic E-state index is 13.3. The van der Waals surface area contributed by atoms with Crippen molar-refractivity contribution in [1.82, 2.24) is 25.3 Å². The summed E-state index contributed by atoms with van der Waals surface area (Å²) in [7, 11) is 3.21. The van der Waals surface area contributed by atoms with Gasteiger partial charge in [0.05, 0.1) is 12.1 Å². The van der Waals surface area contributed by atoms with Gasteiger partial charge in [0.15, 0.2) is 0 Å². The summed E-state index contributed by atoms with van der Waals surface area (Å²) in [5, 5.41) is 16.1. The highest BCUT2D eigenvalue weighted by atomic mass is 19.4. The number of carbonyl (C=O) groups is 3. The first-order chi connectivity index (χ1) is 16.5. The van der Waals surface area contributed by atoms with Gasteiger partial charge in [0.25, 0.3) is 5.91 Å². The Bertz CT molecular complexity index is 967. The van der Waals surface area contributed by atoms with Gasteiger partial charge < -0.3 is 10.0 Å². The topological polar surface area (TPSA) is 105 Å². The number of carbonyl (C=O) groups excluding carboxylic acids is 2. The van der Waals surface area contributed by atoms with Crippen molar-refractivity contribution in [3.8, 4) is 0 Å². The summed E-state index contributed by atoms with van der Waals surface area (Å²) in [5.41, 5.74) is -0.424. The van der Waals surface area contributed by atoms with E-state index in [4.69, 9.17) is 0 Å². The smallest absolute Gasteiger partial charge is 0.416 e. The molecule has 35 heavy (non-hydrogen) atoms. The minimum absolute atomic E-state index is 0.0229. The van der Waals surface area contributed by atoms with Gasteiger partial charge in [0, 0.05) is 7.05 Å². The molecule has 1 saturated carbocycles. The van der Waals surface area contributed by atoms with Crippen LogP contribution >= 0.6 is 0 Å². The second-order valence-corrected chi connectivity index (χ2v) is 9.52. The predicted octanol–water partition coefficient (Wildman–Crippen LogP) is 2.24. The Morgan fingerprint density at radius 1 is 1.14 bits per heavy atom. The van der Waals surface area contributed by atoms with E-state index in [0.29, 0.717) is 5.56 Å². The second kappa shape index (κ2) is 9.75. The molecule has 0 radical (unpaired) electrons. The molecule has 4 atom stereocenters. The lowest BCUT2D eigenvalue weighted by atomic mass is 9.84. The van der Waals surface area contributed by atoms with Crippen LogP contribution in [0.5, 0.6) is 0 Å². The SMILES string of the molecule is CN1C(=O)N(Cc2ccc(C(F)(F)F)cc2)C(=O)C2C1NC(NC(C(=O)O)C1CCCCC1)N2C. The summed E-state index contributed by atoms with van der Waals surface area (Å²) in [4.78, 5) is 42.4. The van der Waals surface area contributed by atoms with E-state index in [-0.39, 0.29) is 12.5 Å². The Morgan fingerprint density at radius 2 is 1.77 bits per heavy atom. The molecular formula is C23H30F3N5O4. The number of urea groups is 1. The first-order valence-corrected chi connectivity index (χ1v) is 11.7. The molecule has 0 spiro atoms. The van der Waals surface area contributed by atoms with Crippen molar-refractivity contribution in [1.29, 1.82) is 0 Å². The fourth-order valence-electron chi connectivity index (χ4n) is 5.29. The first-order valence-electron chi connectivity index (χ1n) is 11.7. The number of alkyl halides is 3. The Morgan fingerprint density at radius 3 is 2.34 bits per heavy atom. The summed E-state index contributed by atoms with van der Waals surface area (Å²) >= 11 is 0. The Hall–Kier alpha value is -2.70. The number of carboxylic acids is 1. The number of hydrogen-bond acceptors (Lipinski definition) is 6. The fraction of sp³-hybridized carbons (Fsp3) is 0.609. The number of nitrogens with zero attached hydrogens (tertiary/aromatic N) is 3. The van der Waals surface area contributed by atoms with Crippen molar-refractivity contribution in [2.75, 3.05) is 14.1 Å². The van der Waals surface area contributed by atoms with Crippen molar-refractivity contribution in [2.24, 2.45) is 5.92 Å². The molecule has 9 nitrogen and oxygen atoms in total. The third-order valence-electron chi connectivity index (χ3n) is 7.29. The molecule has 1 aromatic carbocycles. The maximum absolute atomic E-state index is 13.3. The number of nitrogens with one attached hydrogen (secondary N) is 2. The lowest BCUT2D eigenvalue weighted by Gasteiger charge is -2.40. The molecule has 0 aromatic heterocycles. The van der Waals surface area contributed by atoms with Crippen molar-refractivity contribution in [3.63, 3.8) is 0 Å². The van der Waals surface area contributed by atoms with Crippen LogP contribution in [0.2, 0.25) is 0 Å². The molecule has 2 saturated heterocycles. The first kappa shape index (κ1) is 25.4. The van der Waals surface area contributed by atoms with Gasteiger partial charge in [-0.25, -0.2) is 4.79 Å². The van der Waals surface area contributed by atoms with Gasteiger partial charge in [0.2, 0.25) is 0 Å². The summed E-state index contributed by atoms with van der Waals surface area (Å²) < 4.78 is 38.6. The highest BCUT2D eigenvalue weighted by molar-refractivity contribution is 6.00. The van der Waals surface area contributed by atoms with E-state index in [1.807, 2.05) is 0 Å². The number of rotatable bonds is 6. The van der Waals surface area contributed by atoms with E-state index >= 15 is 0 Å². The van der Waals surface area contributed by atoms with E-state index in [1.165, 1.54) is 24.1 Å². The third kappa shape index (κ3) is 5.00. The number of benzene rings is 1. The summed E-state index contributed by atoms with van der Waals surface area (Å²) in [6, 6.07) is 2.17. The van der Waals surface area contributed by atoms with Crippen LogP contribution in [-0.4, -0.2) is 76.3 Å². The number of amides is 3. The van der Waals surface area contributed by atoms with E-state index in [2.05, 4.69) is 10.6 Å². The van der Waals surface area contributed by atoms with Crippen LogP contribution in [-0.2, 0) is 22.3 Å². The molecule has 2 aliphatic heterocycles. The molecule has 3 amide bonds. The van der Waals surface area contributed by atoms with E-state index in [1.54, 1.807) is 11.9 Å². The highest BCUT2D eigenvalue weighted by Gasteiger charge is 2.53. The molecule has 3 aliphatic rings. The van der Waals surface area contributed by atoms with E-state index in [0.717, 1.165) is 49.1 Å². The van der Waals surface area contributed by atoms with Crippen LogP contribution in [0.25, 0.3) is 0 Å². The number of carboxylic acid groups (broad SMARTS) is 1. The number of imide groups is 1. The van der Waals surface area contributed by atoms with Crippen LogP contribution in [0.4, 0.5) is 18.0 Å². The van der Waals surface area contributed by atoms with Crippen LogP contribution in [0.3, 0.4) is 0 Å². The number of fused-ring (bicyclic) bond motifs is 1. The standard InChI is InChI=1S/C23H30F3N5O4/c1-29-17-18(28-21(29)27-16(20(33)34)14-6-4-3-5-7-14)30(2)22(35)31(19(17)32)12-13-8-10-15(11-9-13)23(24,25)26/h8-11,14,16-18,21,27-28H,3-7,12H2,1-2H3,(H,33,34). The predicted molar refractivity (Wildman–Crippen MR) is 119 cm³/mol. The number of likely N-dealkylation sites (N-methyl/N-ethyl adjacent to an activating group) is 2. The van der Waals surface area contributed by atoms with Gasteiger partial charge in [-0.15, -0.1) is 0 Å². The molecule has 4 rings (SSSR count). The third-order valence-corrected chi connectivity index (χ3v) is 7.29. The van der Waals surface area contributed by atoms with Crippen molar-refractivity contribution >= 4 is 17.9 Å². The van der Waals surface area contributed by atoms with Crippen LogP contribution in [0, 0.1) is 5.92 Å². The van der Waals surface area contributed by atoms with Crippen LogP contribution < -0.4 is 10.6 Å². The molecule has 3 fully saturated rings. The Labute approximate surface area is 201 Å². The lowest BCUT2D eigenvalue weighted by Crippen LogP contribution is -2.65. The zero-order valence-electron chi connectivity index (χ0n) is 19.6. The molecule has 4 unspecified atom stereocenters. The van der Waals surface area contributed by atoms with Gasteiger partial charge >= 0.3 is 18.2 Å². The molecule has 1 aliphatic carbocycles. The van der Waals surface area contributed by atoms with Gasteiger partial charge in [-0.3, -0.25) is 30.0 Å². The number of aliphatic carboxylic acids is 1. The molecular weight excluding hydrogens is 467 g/mol. The molecule has 12 heteroatoms. The average molecular weight is 498 g/mol. The number of hydrogen-bond donors (Lipinski definition) is 3. The molecule has 0 bridgehead atoms. The Balaban J connectivity index is 1.49. The van der Waals surface area contributed by atoms with Crippen molar-refractivity contribution < 1.29 is 32.7 Å². The normalized spacial score (nSPS) is 27.3. The van der Waals surface area contributed by atoms with Gasteiger partial charge in [-0.2, -0.15) is 13.2 Å². The van der Waals surface area contributed by atoms with Crippen LogP contribution in [0.1, 0.15) is 43.2 Å². The highest BCUT2D eigenvalue weighted by Crippen LogP contribution is 2.31. The Kier molecular flexibility index (Phi) is 7.07. The van der Waals surface area contributed by atoms with Crippen molar-refractivity contribution in [2.45, 2.75) is 69.4 Å². The minimum atomic E-state index is -4.48.